The molecule has 0 fully saturated rings. The van der Waals surface area contributed by atoms with E-state index in [1.165, 1.54) is 18.2 Å². The van der Waals surface area contributed by atoms with Gasteiger partial charge in [-0.2, -0.15) is 22.9 Å². The molecule has 0 amide bonds. The third-order valence-corrected chi connectivity index (χ3v) is 4.26. The van der Waals surface area contributed by atoms with Crippen LogP contribution in [0.25, 0.3) is 10.9 Å². The zero-order valence-electron chi connectivity index (χ0n) is 13.6. The average molecular weight is 424 g/mol. The van der Waals surface area contributed by atoms with Crippen LogP contribution in [0.1, 0.15) is 23.9 Å². The molecule has 0 spiro atoms. The number of benzene rings is 2. The highest BCUT2D eigenvalue weighted by molar-refractivity contribution is 9.10. The standard InChI is InChI=1S/C18H13BrF3N3O/c1-2-16-24-15-8-7-12(19)9-13(15)17(26)25(16)23-10-11-5-3-4-6-14(11)18(20,21)22/h3-10H,2H2,1H3. The molecule has 0 aliphatic heterocycles. The molecule has 0 aliphatic rings. The van der Waals surface area contributed by atoms with Gasteiger partial charge in [0.05, 0.1) is 22.7 Å². The number of fused-ring (bicyclic) bond motifs is 1. The Hall–Kier alpha value is -2.48. The maximum atomic E-state index is 13.1. The van der Waals surface area contributed by atoms with Gasteiger partial charge in [0.2, 0.25) is 0 Å². The van der Waals surface area contributed by atoms with Crippen molar-refractivity contribution < 1.29 is 13.2 Å². The highest BCUT2D eigenvalue weighted by Gasteiger charge is 2.32. The van der Waals surface area contributed by atoms with Crippen LogP contribution in [0.15, 0.2) is 56.8 Å². The molecule has 0 radical (unpaired) electrons. The summed E-state index contributed by atoms with van der Waals surface area (Å²) in [6.07, 6.45) is -3.07. The normalized spacial score (nSPS) is 12.2. The minimum absolute atomic E-state index is 0.122. The van der Waals surface area contributed by atoms with Crippen molar-refractivity contribution in [2.75, 3.05) is 0 Å². The van der Waals surface area contributed by atoms with Crippen LogP contribution in [0.2, 0.25) is 0 Å². The molecule has 0 aliphatic carbocycles. The first-order valence-corrected chi connectivity index (χ1v) is 8.52. The number of hydrogen-bond acceptors (Lipinski definition) is 3. The van der Waals surface area contributed by atoms with Gasteiger partial charge in [0, 0.05) is 16.5 Å². The lowest BCUT2D eigenvalue weighted by molar-refractivity contribution is -0.137. The summed E-state index contributed by atoms with van der Waals surface area (Å²) in [5, 5.41) is 4.33. The molecule has 0 unspecified atom stereocenters. The van der Waals surface area contributed by atoms with E-state index in [4.69, 9.17) is 0 Å². The Bertz CT molecular complexity index is 1060. The summed E-state index contributed by atoms with van der Waals surface area (Å²) in [4.78, 5) is 17.1. The first-order valence-electron chi connectivity index (χ1n) is 7.73. The summed E-state index contributed by atoms with van der Waals surface area (Å²) in [6, 6.07) is 10.1. The van der Waals surface area contributed by atoms with Crippen molar-refractivity contribution in [2.45, 2.75) is 19.5 Å². The summed E-state index contributed by atoms with van der Waals surface area (Å²) < 4.78 is 41.1. The molecule has 2 aromatic carbocycles. The summed E-state index contributed by atoms with van der Waals surface area (Å²) in [7, 11) is 0. The molecule has 0 saturated heterocycles. The van der Waals surface area contributed by atoms with Crippen molar-refractivity contribution in [1.29, 1.82) is 0 Å². The highest BCUT2D eigenvalue weighted by atomic mass is 79.9. The first kappa shape index (κ1) is 18.3. The van der Waals surface area contributed by atoms with Gasteiger partial charge in [-0.1, -0.05) is 41.1 Å². The van der Waals surface area contributed by atoms with Crippen LogP contribution >= 0.6 is 15.9 Å². The van der Waals surface area contributed by atoms with Crippen molar-refractivity contribution in [2.24, 2.45) is 5.10 Å². The van der Waals surface area contributed by atoms with E-state index in [9.17, 15) is 18.0 Å². The van der Waals surface area contributed by atoms with Gasteiger partial charge in [-0.3, -0.25) is 4.79 Å². The van der Waals surface area contributed by atoms with E-state index in [0.717, 1.165) is 17.0 Å². The number of nitrogens with zero attached hydrogens (tertiary/aromatic N) is 3. The van der Waals surface area contributed by atoms with E-state index >= 15 is 0 Å². The van der Waals surface area contributed by atoms with E-state index in [1.807, 2.05) is 0 Å². The highest BCUT2D eigenvalue weighted by Crippen LogP contribution is 2.31. The summed E-state index contributed by atoms with van der Waals surface area (Å²) in [5.74, 6) is 0.366. The molecule has 1 heterocycles. The SMILES string of the molecule is CCc1nc2ccc(Br)cc2c(=O)n1N=Cc1ccccc1C(F)(F)F. The minimum Gasteiger partial charge on any atom is -0.267 e. The molecule has 0 bridgehead atoms. The topological polar surface area (TPSA) is 47.2 Å². The van der Waals surface area contributed by atoms with Crippen LogP contribution in [-0.2, 0) is 12.6 Å². The maximum Gasteiger partial charge on any atom is 0.417 e. The van der Waals surface area contributed by atoms with Gasteiger partial charge in [-0.25, -0.2) is 4.98 Å². The molecule has 4 nitrogen and oxygen atoms in total. The molecule has 134 valence electrons. The van der Waals surface area contributed by atoms with Crippen LogP contribution < -0.4 is 5.56 Å². The van der Waals surface area contributed by atoms with Gasteiger partial charge in [0.15, 0.2) is 0 Å². The van der Waals surface area contributed by atoms with Crippen LogP contribution in [0.3, 0.4) is 0 Å². The second kappa shape index (κ2) is 7.03. The predicted molar refractivity (Wildman–Crippen MR) is 97.5 cm³/mol. The number of aromatic nitrogens is 2. The van der Waals surface area contributed by atoms with Gasteiger partial charge >= 0.3 is 6.18 Å². The second-order valence-electron chi connectivity index (χ2n) is 5.49. The molecule has 26 heavy (non-hydrogen) atoms. The van der Waals surface area contributed by atoms with E-state index in [1.54, 1.807) is 25.1 Å². The van der Waals surface area contributed by atoms with Crippen LogP contribution in [-0.4, -0.2) is 15.9 Å². The van der Waals surface area contributed by atoms with Gasteiger partial charge in [0.1, 0.15) is 5.82 Å². The Morgan fingerprint density at radius 1 is 1.23 bits per heavy atom. The Morgan fingerprint density at radius 3 is 2.65 bits per heavy atom. The molecular formula is C18H13BrF3N3O. The molecule has 3 rings (SSSR count). The van der Waals surface area contributed by atoms with Crippen LogP contribution in [0, 0.1) is 0 Å². The summed E-state index contributed by atoms with van der Waals surface area (Å²) in [6.45, 7) is 1.79. The number of halogens is 4. The largest absolute Gasteiger partial charge is 0.417 e. The fourth-order valence-electron chi connectivity index (χ4n) is 2.53. The molecule has 1 aromatic heterocycles. The summed E-state index contributed by atoms with van der Waals surface area (Å²) in [5.41, 5.74) is -0.860. The molecule has 3 aromatic rings. The van der Waals surface area contributed by atoms with E-state index in [-0.39, 0.29) is 5.56 Å². The number of hydrogen-bond donors (Lipinski definition) is 0. The third kappa shape index (κ3) is 3.55. The smallest absolute Gasteiger partial charge is 0.267 e. The number of aryl methyl sites for hydroxylation is 1. The van der Waals surface area contributed by atoms with E-state index < -0.39 is 17.3 Å². The quantitative estimate of drug-likeness (QED) is 0.576. The lowest BCUT2D eigenvalue weighted by Crippen LogP contribution is -2.22. The first-order chi connectivity index (χ1) is 12.3. The van der Waals surface area contributed by atoms with E-state index in [2.05, 4.69) is 26.0 Å². The van der Waals surface area contributed by atoms with Crippen molar-refractivity contribution in [3.63, 3.8) is 0 Å². The predicted octanol–water partition coefficient (Wildman–Crippen LogP) is 4.62. The molecule has 0 atom stereocenters. The van der Waals surface area contributed by atoms with Gasteiger partial charge in [-0.15, -0.1) is 0 Å². The van der Waals surface area contributed by atoms with E-state index in [0.29, 0.717) is 27.6 Å². The second-order valence-corrected chi connectivity index (χ2v) is 6.41. The third-order valence-electron chi connectivity index (χ3n) is 3.77. The monoisotopic (exact) mass is 423 g/mol. The van der Waals surface area contributed by atoms with Crippen molar-refractivity contribution in [3.05, 3.63) is 74.2 Å². The lowest BCUT2D eigenvalue weighted by Gasteiger charge is -2.10. The molecule has 8 heteroatoms. The average Bonchev–Trinajstić information content (AvgIpc) is 2.60. The van der Waals surface area contributed by atoms with Gasteiger partial charge < -0.3 is 0 Å². The number of rotatable bonds is 3. The molecule has 0 saturated carbocycles. The Morgan fingerprint density at radius 2 is 1.96 bits per heavy atom. The van der Waals surface area contributed by atoms with Crippen molar-refractivity contribution in [3.8, 4) is 0 Å². The van der Waals surface area contributed by atoms with Gasteiger partial charge in [0.25, 0.3) is 5.56 Å². The Labute approximate surface area is 155 Å². The minimum atomic E-state index is -4.51. The summed E-state index contributed by atoms with van der Waals surface area (Å²) >= 11 is 3.29. The maximum absolute atomic E-state index is 13.1. The lowest BCUT2D eigenvalue weighted by atomic mass is 10.1. The number of alkyl halides is 3. The molecular weight excluding hydrogens is 411 g/mol. The zero-order valence-corrected chi connectivity index (χ0v) is 15.2. The van der Waals surface area contributed by atoms with Gasteiger partial charge in [-0.05, 0) is 24.3 Å². The fraction of sp³-hybridized carbons (Fsp3) is 0.167. The Kier molecular flexibility index (Phi) is 4.95. The Balaban J connectivity index is 2.17. The van der Waals surface area contributed by atoms with Crippen LogP contribution in [0.5, 0.6) is 0 Å². The zero-order chi connectivity index (χ0) is 18.9. The fourth-order valence-corrected chi connectivity index (χ4v) is 2.89. The van der Waals surface area contributed by atoms with Crippen molar-refractivity contribution >= 4 is 33.0 Å². The molecule has 0 N–H and O–H groups in total. The van der Waals surface area contributed by atoms with Crippen molar-refractivity contribution in [1.82, 2.24) is 9.66 Å². The van der Waals surface area contributed by atoms with Crippen LogP contribution in [0.4, 0.5) is 13.2 Å².